The number of piperidine rings is 1. The van der Waals surface area contributed by atoms with Gasteiger partial charge in [-0.05, 0) is 26.2 Å². The molecule has 0 spiro atoms. The first-order valence-corrected chi connectivity index (χ1v) is 5.27. The largest absolute Gasteiger partial charge is 0.382 e. The highest BCUT2D eigenvalue weighted by atomic mass is 19.1. The Morgan fingerprint density at radius 2 is 2.08 bits per heavy atom. The van der Waals surface area contributed by atoms with E-state index in [-0.39, 0.29) is 0 Å². The molecule has 0 bridgehead atoms. The van der Waals surface area contributed by atoms with Gasteiger partial charge in [-0.25, -0.2) is 4.39 Å². The molecule has 0 unspecified atom stereocenters. The summed E-state index contributed by atoms with van der Waals surface area (Å²) in [5, 5.41) is 0. The Morgan fingerprint density at radius 3 is 2.69 bits per heavy atom. The lowest BCUT2D eigenvalue weighted by Gasteiger charge is -2.28. The topological polar surface area (TPSA) is 12.5 Å². The van der Waals surface area contributed by atoms with Crippen LogP contribution in [0.25, 0.3) is 0 Å². The Balaban J connectivity index is 1.96. The highest BCUT2D eigenvalue weighted by Gasteiger charge is 2.17. The van der Waals surface area contributed by atoms with Crippen LogP contribution in [0.15, 0.2) is 0 Å². The standard InChI is InChI=1S/C10H20FNO/c1-2-13-9-3-6-12-7-4-10(11)5-8-12/h10H,2-9H2,1H3. The van der Waals surface area contributed by atoms with Crippen LogP contribution in [0.2, 0.25) is 0 Å². The van der Waals surface area contributed by atoms with Crippen molar-refractivity contribution in [3.63, 3.8) is 0 Å². The molecule has 1 aliphatic rings. The van der Waals surface area contributed by atoms with Gasteiger partial charge in [-0.3, -0.25) is 0 Å². The summed E-state index contributed by atoms with van der Waals surface area (Å²) in [6, 6.07) is 0. The van der Waals surface area contributed by atoms with E-state index in [1.807, 2.05) is 6.92 Å². The molecule has 13 heavy (non-hydrogen) atoms. The van der Waals surface area contributed by atoms with Crippen LogP contribution >= 0.6 is 0 Å². The van der Waals surface area contributed by atoms with Gasteiger partial charge >= 0.3 is 0 Å². The molecule has 1 rings (SSSR count). The Labute approximate surface area is 80.1 Å². The zero-order valence-corrected chi connectivity index (χ0v) is 8.47. The maximum atomic E-state index is 12.7. The highest BCUT2D eigenvalue weighted by molar-refractivity contribution is 4.70. The third kappa shape index (κ3) is 4.58. The molecule has 2 nitrogen and oxygen atoms in total. The smallest absolute Gasteiger partial charge is 0.103 e. The average molecular weight is 189 g/mol. The lowest BCUT2D eigenvalue weighted by atomic mass is 10.1. The van der Waals surface area contributed by atoms with Crippen molar-refractivity contribution in [3.8, 4) is 0 Å². The van der Waals surface area contributed by atoms with Crippen molar-refractivity contribution in [2.75, 3.05) is 32.8 Å². The zero-order chi connectivity index (χ0) is 9.52. The monoisotopic (exact) mass is 189 g/mol. The second kappa shape index (κ2) is 6.33. The van der Waals surface area contributed by atoms with Gasteiger partial charge in [-0.15, -0.1) is 0 Å². The number of halogens is 1. The molecule has 0 aliphatic carbocycles. The first-order valence-electron chi connectivity index (χ1n) is 5.27. The molecule has 3 heteroatoms. The summed E-state index contributed by atoms with van der Waals surface area (Å²) in [7, 11) is 0. The molecule has 1 heterocycles. The fourth-order valence-electron chi connectivity index (χ4n) is 1.66. The molecule has 78 valence electrons. The second-order valence-corrected chi connectivity index (χ2v) is 3.57. The number of ether oxygens (including phenoxy) is 1. The number of alkyl halides is 1. The normalized spacial score (nSPS) is 20.8. The molecule has 0 aromatic carbocycles. The molecular weight excluding hydrogens is 169 g/mol. The molecular formula is C10H20FNO. The molecule has 0 amide bonds. The minimum atomic E-state index is -0.553. The van der Waals surface area contributed by atoms with Crippen molar-refractivity contribution in [3.05, 3.63) is 0 Å². The van der Waals surface area contributed by atoms with Gasteiger partial charge in [0.15, 0.2) is 0 Å². The van der Waals surface area contributed by atoms with E-state index in [9.17, 15) is 4.39 Å². The van der Waals surface area contributed by atoms with Crippen LogP contribution in [0.4, 0.5) is 4.39 Å². The average Bonchev–Trinajstić information content (AvgIpc) is 2.15. The van der Waals surface area contributed by atoms with Crippen molar-refractivity contribution in [2.45, 2.75) is 32.4 Å². The maximum Gasteiger partial charge on any atom is 0.103 e. The maximum absolute atomic E-state index is 12.7. The van der Waals surface area contributed by atoms with Crippen molar-refractivity contribution >= 4 is 0 Å². The molecule has 1 aliphatic heterocycles. The van der Waals surface area contributed by atoms with Gasteiger partial charge in [-0.2, -0.15) is 0 Å². The van der Waals surface area contributed by atoms with Gasteiger partial charge < -0.3 is 9.64 Å². The SMILES string of the molecule is CCOCCCN1CCC(F)CC1. The van der Waals surface area contributed by atoms with E-state index < -0.39 is 6.17 Å². The van der Waals surface area contributed by atoms with Crippen LogP contribution < -0.4 is 0 Å². The van der Waals surface area contributed by atoms with E-state index in [1.165, 1.54) is 0 Å². The van der Waals surface area contributed by atoms with E-state index >= 15 is 0 Å². The summed E-state index contributed by atoms with van der Waals surface area (Å²) in [6.45, 7) is 6.56. The van der Waals surface area contributed by atoms with Crippen LogP contribution in [0.5, 0.6) is 0 Å². The summed E-state index contributed by atoms with van der Waals surface area (Å²) >= 11 is 0. The van der Waals surface area contributed by atoms with Crippen LogP contribution in [-0.2, 0) is 4.74 Å². The minimum absolute atomic E-state index is 0.553. The predicted molar refractivity (Wildman–Crippen MR) is 51.7 cm³/mol. The Kier molecular flexibility index (Phi) is 5.32. The minimum Gasteiger partial charge on any atom is -0.382 e. The summed E-state index contributed by atoms with van der Waals surface area (Å²) in [5.74, 6) is 0. The third-order valence-electron chi connectivity index (χ3n) is 2.48. The third-order valence-corrected chi connectivity index (χ3v) is 2.48. The first kappa shape index (κ1) is 10.9. The zero-order valence-electron chi connectivity index (χ0n) is 8.47. The van der Waals surface area contributed by atoms with E-state index in [0.29, 0.717) is 12.8 Å². The number of hydrogen-bond acceptors (Lipinski definition) is 2. The molecule has 0 aromatic rings. The molecule has 0 aromatic heterocycles. The summed E-state index contributed by atoms with van der Waals surface area (Å²) < 4.78 is 18.0. The Hall–Kier alpha value is -0.150. The fourth-order valence-corrected chi connectivity index (χ4v) is 1.66. The van der Waals surface area contributed by atoms with Crippen molar-refractivity contribution in [1.29, 1.82) is 0 Å². The van der Waals surface area contributed by atoms with E-state index in [4.69, 9.17) is 4.74 Å². The molecule has 0 saturated carbocycles. The van der Waals surface area contributed by atoms with Gasteiger partial charge in [0.05, 0.1) is 0 Å². The van der Waals surface area contributed by atoms with Crippen molar-refractivity contribution in [1.82, 2.24) is 4.90 Å². The molecule has 0 radical (unpaired) electrons. The highest BCUT2D eigenvalue weighted by Crippen LogP contribution is 2.12. The lowest BCUT2D eigenvalue weighted by Crippen LogP contribution is -2.35. The summed E-state index contributed by atoms with van der Waals surface area (Å²) in [4.78, 5) is 2.33. The van der Waals surface area contributed by atoms with Crippen LogP contribution in [0.1, 0.15) is 26.2 Å². The summed E-state index contributed by atoms with van der Waals surface area (Å²) in [5.41, 5.74) is 0. The molecule has 1 fully saturated rings. The Bertz CT molecular complexity index is 124. The van der Waals surface area contributed by atoms with E-state index in [0.717, 1.165) is 39.3 Å². The molecule has 1 saturated heterocycles. The Morgan fingerprint density at radius 1 is 1.38 bits per heavy atom. The van der Waals surface area contributed by atoms with Gasteiger partial charge in [0.1, 0.15) is 6.17 Å². The predicted octanol–water partition coefficient (Wildman–Crippen LogP) is 1.85. The van der Waals surface area contributed by atoms with Crippen LogP contribution in [0, 0.1) is 0 Å². The van der Waals surface area contributed by atoms with Gasteiger partial charge in [0.25, 0.3) is 0 Å². The number of likely N-dealkylation sites (tertiary alicyclic amines) is 1. The van der Waals surface area contributed by atoms with Crippen LogP contribution in [0.3, 0.4) is 0 Å². The van der Waals surface area contributed by atoms with Crippen molar-refractivity contribution < 1.29 is 9.13 Å². The fraction of sp³-hybridized carbons (Fsp3) is 1.00. The summed E-state index contributed by atoms with van der Waals surface area (Å²) in [6.07, 6.45) is 1.96. The second-order valence-electron chi connectivity index (χ2n) is 3.57. The lowest BCUT2D eigenvalue weighted by molar-refractivity contribution is 0.113. The number of rotatable bonds is 5. The van der Waals surface area contributed by atoms with Crippen LogP contribution in [-0.4, -0.2) is 43.9 Å². The van der Waals surface area contributed by atoms with Gasteiger partial charge in [-0.1, -0.05) is 0 Å². The van der Waals surface area contributed by atoms with Gasteiger partial charge in [0, 0.05) is 32.8 Å². The molecule has 0 N–H and O–H groups in total. The molecule has 0 atom stereocenters. The number of nitrogens with zero attached hydrogens (tertiary/aromatic N) is 1. The van der Waals surface area contributed by atoms with Gasteiger partial charge in [0.2, 0.25) is 0 Å². The van der Waals surface area contributed by atoms with E-state index in [2.05, 4.69) is 4.90 Å². The quantitative estimate of drug-likeness (QED) is 0.612. The number of hydrogen-bond donors (Lipinski definition) is 0. The van der Waals surface area contributed by atoms with E-state index in [1.54, 1.807) is 0 Å². The van der Waals surface area contributed by atoms with Crippen molar-refractivity contribution in [2.24, 2.45) is 0 Å². The first-order chi connectivity index (χ1) is 6.33.